The van der Waals surface area contributed by atoms with Gasteiger partial charge in [0.1, 0.15) is 0 Å². The molecule has 0 saturated carbocycles. The lowest BCUT2D eigenvalue weighted by atomic mass is 9.89. The van der Waals surface area contributed by atoms with Gasteiger partial charge in [0, 0.05) is 5.54 Å². The van der Waals surface area contributed by atoms with Gasteiger partial charge in [-0.05, 0) is 44.0 Å². The molecule has 1 unspecified atom stereocenters. The van der Waals surface area contributed by atoms with Crippen molar-refractivity contribution < 1.29 is 13.2 Å². The van der Waals surface area contributed by atoms with Gasteiger partial charge in [-0.2, -0.15) is 13.2 Å². The second kappa shape index (κ2) is 3.77. The monoisotopic (exact) mass is 229 g/mol. The molecule has 0 spiro atoms. The van der Waals surface area contributed by atoms with Gasteiger partial charge in [-0.25, -0.2) is 0 Å². The fourth-order valence-electron chi connectivity index (χ4n) is 2.18. The Hall–Kier alpha value is -1.03. The van der Waals surface area contributed by atoms with Crippen LogP contribution in [-0.4, -0.2) is 6.54 Å². The summed E-state index contributed by atoms with van der Waals surface area (Å²) in [4.78, 5) is 0. The molecule has 16 heavy (non-hydrogen) atoms. The molecule has 0 aromatic heterocycles. The largest absolute Gasteiger partial charge is 0.416 e. The van der Waals surface area contributed by atoms with Crippen molar-refractivity contribution in [2.24, 2.45) is 0 Å². The summed E-state index contributed by atoms with van der Waals surface area (Å²) in [7, 11) is 0. The van der Waals surface area contributed by atoms with Gasteiger partial charge in [0.05, 0.1) is 5.56 Å². The number of rotatable bonds is 1. The average Bonchev–Trinajstić information content (AvgIpc) is 2.66. The number of alkyl halides is 3. The molecule has 4 heteroatoms. The third kappa shape index (κ3) is 2.07. The Morgan fingerprint density at radius 2 is 2.06 bits per heavy atom. The van der Waals surface area contributed by atoms with Crippen molar-refractivity contribution in [1.29, 1.82) is 0 Å². The number of benzene rings is 1. The molecule has 1 saturated heterocycles. The highest BCUT2D eigenvalue weighted by Gasteiger charge is 2.34. The highest BCUT2D eigenvalue weighted by atomic mass is 19.4. The van der Waals surface area contributed by atoms with E-state index in [4.69, 9.17) is 0 Å². The van der Waals surface area contributed by atoms with E-state index in [-0.39, 0.29) is 5.54 Å². The maximum absolute atomic E-state index is 12.6. The summed E-state index contributed by atoms with van der Waals surface area (Å²) < 4.78 is 37.7. The van der Waals surface area contributed by atoms with E-state index in [2.05, 4.69) is 5.32 Å². The Kier molecular flexibility index (Phi) is 2.70. The first-order valence-electron chi connectivity index (χ1n) is 5.35. The summed E-state index contributed by atoms with van der Waals surface area (Å²) in [6, 6.07) is 5.59. The van der Waals surface area contributed by atoms with Crippen LogP contribution in [0.1, 0.15) is 30.9 Å². The first-order valence-corrected chi connectivity index (χ1v) is 5.35. The van der Waals surface area contributed by atoms with Gasteiger partial charge in [0.25, 0.3) is 0 Å². The fraction of sp³-hybridized carbons (Fsp3) is 0.500. The number of hydrogen-bond acceptors (Lipinski definition) is 1. The third-order valence-corrected chi connectivity index (χ3v) is 3.20. The maximum Gasteiger partial charge on any atom is 0.416 e. The molecule has 0 aliphatic carbocycles. The van der Waals surface area contributed by atoms with Gasteiger partial charge in [-0.15, -0.1) is 0 Å². The van der Waals surface area contributed by atoms with Crippen LogP contribution >= 0.6 is 0 Å². The second-order valence-corrected chi connectivity index (χ2v) is 4.44. The molecule has 1 atom stereocenters. The maximum atomic E-state index is 12.6. The lowest BCUT2D eigenvalue weighted by Crippen LogP contribution is -2.33. The number of nitrogens with one attached hydrogen (secondary N) is 1. The summed E-state index contributed by atoms with van der Waals surface area (Å²) in [6.45, 7) is 2.82. The summed E-state index contributed by atoms with van der Waals surface area (Å²) >= 11 is 0. The van der Waals surface area contributed by atoms with Gasteiger partial charge in [-0.1, -0.05) is 12.1 Å². The molecule has 1 fully saturated rings. The molecule has 88 valence electrons. The zero-order valence-corrected chi connectivity index (χ0v) is 9.06. The van der Waals surface area contributed by atoms with Crippen molar-refractivity contribution in [2.45, 2.75) is 31.5 Å². The number of halogens is 3. The van der Waals surface area contributed by atoms with Crippen LogP contribution in [0.15, 0.2) is 24.3 Å². The molecular weight excluding hydrogens is 215 g/mol. The molecule has 1 N–H and O–H groups in total. The van der Waals surface area contributed by atoms with E-state index in [9.17, 15) is 13.2 Å². The van der Waals surface area contributed by atoms with Crippen LogP contribution in [0.2, 0.25) is 0 Å². The lowest BCUT2D eigenvalue weighted by molar-refractivity contribution is -0.137. The van der Waals surface area contributed by atoms with Gasteiger partial charge in [0.2, 0.25) is 0 Å². The standard InChI is InChI=1S/C12H14F3N/c1-11(6-3-7-16-11)9-4-2-5-10(8-9)12(13,14)15/h2,4-5,8,16H,3,6-7H2,1H3. The molecule has 2 rings (SSSR count). The predicted octanol–water partition coefficient (Wildman–Crippen LogP) is 3.30. The van der Waals surface area contributed by atoms with Crippen LogP contribution in [-0.2, 0) is 11.7 Å². The van der Waals surface area contributed by atoms with Crippen LogP contribution in [0, 0.1) is 0 Å². The molecule has 1 aliphatic heterocycles. The van der Waals surface area contributed by atoms with Crippen LogP contribution in [0.25, 0.3) is 0 Å². The van der Waals surface area contributed by atoms with Crippen LogP contribution in [0.4, 0.5) is 13.2 Å². The minimum Gasteiger partial charge on any atom is -0.308 e. The molecule has 1 aliphatic rings. The zero-order chi connectivity index (χ0) is 11.8. The number of hydrogen-bond donors (Lipinski definition) is 1. The molecule has 0 bridgehead atoms. The van der Waals surface area contributed by atoms with E-state index in [1.165, 1.54) is 12.1 Å². The smallest absolute Gasteiger partial charge is 0.308 e. The van der Waals surface area contributed by atoms with Crippen LogP contribution in [0.3, 0.4) is 0 Å². The van der Waals surface area contributed by atoms with Crippen molar-refractivity contribution in [3.63, 3.8) is 0 Å². The summed E-state index contributed by atoms with van der Waals surface area (Å²) in [5.41, 5.74) is -0.152. The normalized spacial score (nSPS) is 26.0. The van der Waals surface area contributed by atoms with E-state index in [0.717, 1.165) is 31.0 Å². The molecule has 1 nitrogen and oxygen atoms in total. The van der Waals surface area contributed by atoms with Gasteiger partial charge in [-0.3, -0.25) is 0 Å². The second-order valence-electron chi connectivity index (χ2n) is 4.44. The Morgan fingerprint density at radius 1 is 1.31 bits per heavy atom. The predicted molar refractivity (Wildman–Crippen MR) is 56.0 cm³/mol. The van der Waals surface area contributed by atoms with Crippen molar-refractivity contribution in [1.82, 2.24) is 5.32 Å². The van der Waals surface area contributed by atoms with Crippen LogP contribution in [0.5, 0.6) is 0 Å². The van der Waals surface area contributed by atoms with E-state index in [1.807, 2.05) is 6.92 Å². The molecule has 0 radical (unpaired) electrons. The van der Waals surface area contributed by atoms with Crippen molar-refractivity contribution in [3.05, 3.63) is 35.4 Å². The van der Waals surface area contributed by atoms with E-state index in [0.29, 0.717) is 0 Å². The minimum atomic E-state index is -4.26. The summed E-state index contributed by atoms with van der Waals surface area (Å²) in [5, 5.41) is 3.26. The van der Waals surface area contributed by atoms with Crippen molar-refractivity contribution in [3.8, 4) is 0 Å². The van der Waals surface area contributed by atoms with E-state index < -0.39 is 11.7 Å². The third-order valence-electron chi connectivity index (χ3n) is 3.20. The summed E-state index contributed by atoms with van der Waals surface area (Å²) in [6.07, 6.45) is -2.37. The first kappa shape index (κ1) is 11.5. The molecule has 1 aromatic carbocycles. The summed E-state index contributed by atoms with van der Waals surface area (Å²) in [5.74, 6) is 0. The quantitative estimate of drug-likeness (QED) is 0.779. The molecule has 1 aromatic rings. The van der Waals surface area contributed by atoms with Crippen LogP contribution < -0.4 is 5.32 Å². The SMILES string of the molecule is CC1(c2cccc(C(F)(F)F)c2)CCCN1. The van der Waals surface area contributed by atoms with Crippen molar-refractivity contribution >= 4 is 0 Å². The van der Waals surface area contributed by atoms with Gasteiger partial charge < -0.3 is 5.32 Å². The molecular formula is C12H14F3N. The molecule has 0 amide bonds. The highest BCUT2D eigenvalue weighted by molar-refractivity contribution is 5.31. The Bertz CT molecular complexity index is 378. The van der Waals surface area contributed by atoms with Crippen molar-refractivity contribution in [2.75, 3.05) is 6.54 Å². The van der Waals surface area contributed by atoms with Gasteiger partial charge >= 0.3 is 6.18 Å². The van der Waals surface area contributed by atoms with E-state index in [1.54, 1.807) is 6.07 Å². The fourth-order valence-corrected chi connectivity index (χ4v) is 2.18. The Labute approximate surface area is 92.7 Å². The van der Waals surface area contributed by atoms with Gasteiger partial charge in [0.15, 0.2) is 0 Å². The Balaban J connectivity index is 2.36. The highest BCUT2D eigenvalue weighted by Crippen LogP contribution is 2.35. The average molecular weight is 229 g/mol. The topological polar surface area (TPSA) is 12.0 Å². The Morgan fingerprint density at radius 3 is 2.62 bits per heavy atom. The lowest BCUT2D eigenvalue weighted by Gasteiger charge is -2.25. The zero-order valence-electron chi connectivity index (χ0n) is 9.06. The van der Waals surface area contributed by atoms with E-state index >= 15 is 0 Å². The first-order chi connectivity index (χ1) is 7.42. The molecule has 1 heterocycles. The minimum absolute atomic E-state index is 0.304.